The molecule has 1 aromatic carbocycles. The molecule has 1 amide bonds. The van der Waals surface area contributed by atoms with Crippen molar-refractivity contribution < 1.29 is 9.53 Å². The Bertz CT molecular complexity index is 1030. The molecule has 0 atom stereocenters. The van der Waals surface area contributed by atoms with Gasteiger partial charge in [0.2, 0.25) is 17.7 Å². The zero-order valence-electron chi connectivity index (χ0n) is 18.0. The third-order valence-electron chi connectivity index (χ3n) is 4.51. The van der Waals surface area contributed by atoms with Gasteiger partial charge >= 0.3 is 0 Å². The molecule has 3 rings (SSSR count). The lowest BCUT2D eigenvalue weighted by Crippen LogP contribution is -2.35. The summed E-state index contributed by atoms with van der Waals surface area (Å²) in [4.78, 5) is 30.3. The number of hydrogen-bond donors (Lipinski definition) is 2. The average Bonchev–Trinajstić information content (AvgIpc) is 2.79. The van der Waals surface area contributed by atoms with E-state index in [9.17, 15) is 4.79 Å². The van der Waals surface area contributed by atoms with Gasteiger partial charge in [-0.05, 0) is 39.0 Å². The highest BCUT2D eigenvalue weighted by Crippen LogP contribution is 2.26. The molecule has 0 unspecified atom stereocenters. The molecule has 0 saturated carbocycles. The standard InChI is InChI=1S/C22H26N6O2S/c1-5-30-19-14-23-13-17(26-19)15-7-9-16(10-8-15)25-20(29)22(3,4)18-11-12-24-21(27-18)28-31-6-2/h7-14H,5-6H2,1-4H3,(H,25,29)(H,24,27,28). The number of carbonyl (C=O) groups excluding carboxylic acids is 1. The molecule has 0 spiro atoms. The fourth-order valence-corrected chi connectivity index (χ4v) is 3.10. The second kappa shape index (κ2) is 10.2. The van der Waals surface area contributed by atoms with Gasteiger partial charge in [-0.15, -0.1) is 0 Å². The largest absolute Gasteiger partial charge is 0.477 e. The van der Waals surface area contributed by atoms with Gasteiger partial charge in [0.1, 0.15) is 0 Å². The Labute approximate surface area is 186 Å². The van der Waals surface area contributed by atoms with Crippen LogP contribution in [0, 0.1) is 0 Å². The second-order valence-electron chi connectivity index (χ2n) is 7.13. The van der Waals surface area contributed by atoms with E-state index < -0.39 is 5.41 Å². The summed E-state index contributed by atoms with van der Waals surface area (Å²) in [5, 5.41) is 2.97. The van der Waals surface area contributed by atoms with Crippen LogP contribution < -0.4 is 14.8 Å². The van der Waals surface area contributed by atoms with Crippen LogP contribution in [0.15, 0.2) is 48.9 Å². The molecule has 3 aromatic rings. The van der Waals surface area contributed by atoms with Crippen LogP contribution in [-0.4, -0.2) is 38.2 Å². The smallest absolute Gasteiger partial charge is 0.236 e. The van der Waals surface area contributed by atoms with Crippen molar-refractivity contribution in [3.63, 3.8) is 0 Å². The highest BCUT2D eigenvalue weighted by molar-refractivity contribution is 8.00. The summed E-state index contributed by atoms with van der Waals surface area (Å²) in [5.74, 6) is 1.70. The maximum Gasteiger partial charge on any atom is 0.236 e. The van der Waals surface area contributed by atoms with Gasteiger partial charge < -0.3 is 10.1 Å². The molecule has 0 aliphatic heterocycles. The summed E-state index contributed by atoms with van der Waals surface area (Å²) in [7, 11) is 0. The maximum absolute atomic E-state index is 13.0. The van der Waals surface area contributed by atoms with Crippen molar-refractivity contribution in [1.82, 2.24) is 19.9 Å². The first-order valence-corrected chi connectivity index (χ1v) is 11.0. The van der Waals surface area contributed by atoms with E-state index in [4.69, 9.17) is 4.74 Å². The summed E-state index contributed by atoms with van der Waals surface area (Å²) in [6.07, 6.45) is 4.91. The molecule has 31 heavy (non-hydrogen) atoms. The van der Waals surface area contributed by atoms with Crippen LogP contribution in [0.5, 0.6) is 5.88 Å². The Hall–Kier alpha value is -3.20. The van der Waals surface area contributed by atoms with Gasteiger partial charge in [0.25, 0.3) is 0 Å². The van der Waals surface area contributed by atoms with E-state index in [0.717, 1.165) is 11.3 Å². The molecule has 0 bridgehead atoms. The number of amides is 1. The SMILES string of the molecule is CCOc1cncc(-c2ccc(NC(=O)C(C)(C)c3ccnc(NSCC)n3)cc2)n1. The first-order chi connectivity index (χ1) is 14.9. The number of ether oxygens (including phenoxy) is 1. The van der Waals surface area contributed by atoms with E-state index in [1.165, 1.54) is 11.9 Å². The summed E-state index contributed by atoms with van der Waals surface area (Å²) >= 11 is 1.50. The van der Waals surface area contributed by atoms with Gasteiger partial charge in [-0.25, -0.2) is 15.0 Å². The molecular weight excluding hydrogens is 412 g/mol. The predicted octanol–water partition coefficient (Wildman–Crippen LogP) is 4.33. The van der Waals surface area contributed by atoms with Crippen LogP contribution in [0.25, 0.3) is 11.3 Å². The van der Waals surface area contributed by atoms with Crippen molar-refractivity contribution >= 4 is 29.5 Å². The van der Waals surface area contributed by atoms with E-state index in [-0.39, 0.29) is 5.91 Å². The quantitative estimate of drug-likeness (QED) is 0.476. The highest BCUT2D eigenvalue weighted by atomic mass is 32.2. The number of nitrogens with zero attached hydrogens (tertiary/aromatic N) is 4. The lowest BCUT2D eigenvalue weighted by Gasteiger charge is -2.23. The molecule has 2 heterocycles. The molecular formula is C22H26N6O2S. The molecule has 162 valence electrons. The Morgan fingerprint density at radius 2 is 1.87 bits per heavy atom. The molecule has 0 aliphatic carbocycles. The molecule has 2 N–H and O–H groups in total. The van der Waals surface area contributed by atoms with E-state index >= 15 is 0 Å². The number of benzene rings is 1. The summed E-state index contributed by atoms with van der Waals surface area (Å²) in [5.41, 5.74) is 2.07. The van der Waals surface area contributed by atoms with Crippen molar-refractivity contribution in [3.05, 3.63) is 54.6 Å². The molecule has 0 aliphatic rings. The van der Waals surface area contributed by atoms with Crippen LogP contribution in [0.4, 0.5) is 11.6 Å². The zero-order chi connectivity index (χ0) is 22.3. The second-order valence-corrected chi connectivity index (χ2v) is 8.20. The minimum Gasteiger partial charge on any atom is -0.477 e. The monoisotopic (exact) mass is 438 g/mol. The van der Waals surface area contributed by atoms with Crippen LogP contribution in [0.2, 0.25) is 0 Å². The third kappa shape index (κ3) is 5.69. The van der Waals surface area contributed by atoms with Crippen molar-refractivity contribution in [2.24, 2.45) is 0 Å². The minimum atomic E-state index is -0.841. The zero-order valence-corrected chi connectivity index (χ0v) is 18.9. The lowest BCUT2D eigenvalue weighted by atomic mass is 9.88. The van der Waals surface area contributed by atoms with Crippen LogP contribution in [0.1, 0.15) is 33.4 Å². The predicted molar refractivity (Wildman–Crippen MR) is 124 cm³/mol. The number of hydrogen-bond acceptors (Lipinski definition) is 8. The average molecular weight is 439 g/mol. The van der Waals surface area contributed by atoms with Crippen LogP contribution >= 0.6 is 11.9 Å². The molecule has 0 radical (unpaired) electrons. The molecule has 0 saturated heterocycles. The summed E-state index contributed by atoms with van der Waals surface area (Å²) < 4.78 is 8.48. The number of aromatic nitrogens is 4. The topological polar surface area (TPSA) is 102 Å². The van der Waals surface area contributed by atoms with E-state index in [1.54, 1.807) is 24.7 Å². The van der Waals surface area contributed by atoms with Crippen molar-refractivity contribution in [1.29, 1.82) is 0 Å². The third-order valence-corrected chi connectivity index (χ3v) is 5.13. The van der Waals surface area contributed by atoms with Crippen molar-refractivity contribution in [2.75, 3.05) is 22.4 Å². The van der Waals surface area contributed by atoms with Gasteiger partial charge in [-0.2, -0.15) is 0 Å². The number of rotatable bonds is 9. The first-order valence-electron chi connectivity index (χ1n) is 10.0. The van der Waals surface area contributed by atoms with Gasteiger partial charge in [0.05, 0.1) is 35.8 Å². The minimum absolute atomic E-state index is 0.161. The number of carbonyl (C=O) groups is 1. The van der Waals surface area contributed by atoms with Crippen LogP contribution in [0.3, 0.4) is 0 Å². The summed E-state index contributed by atoms with van der Waals surface area (Å²) in [6.45, 7) is 8.14. The van der Waals surface area contributed by atoms with Crippen molar-refractivity contribution in [3.8, 4) is 17.1 Å². The highest BCUT2D eigenvalue weighted by Gasteiger charge is 2.32. The van der Waals surface area contributed by atoms with Crippen LogP contribution in [-0.2, 0) is 10.2 Å². The normalized spacial score (nSPS) is 11.1. The number of nitrogens with one attached hydrogen (secondary N) is 2. The van der Waals surface area contributed by atoms with Crippen molar-refractivity contribution in [2.45, 2.75) is 33.1 Å². The Morgan fingerprint density at radius 3 is 2.58 bits per heavy atom. The van der Waals surface area contributed by atoms with Gasteiger partial charge in [0, 0.05) is 23.2 Å². The maximum atomic E-state index is 13.0. The van der Waals surface area contributed by atoms with E-state index in [1.807, 2.05) is 52.0 Å². The Morgan fingerprint density at radius 1 is 1.10 bits per heavy atom. The molecule has 0 fully saturated rings. The molecule has 2 aromatic heterocycles. The summed E-state index contributed by atoms with van der Waals surface area (Å²) in [6, 6.07) is 9.20. The van der Waals surface area contributed by atoms with E-state index in [2.05, 4.69) is 30.0 Å². The Balaban J connectivity index is 1.72. The lowest BCUT2D eigenvalue weighted by molar-refractivity contribution is -0.120. The molecule has 8 nitrogen and oxygen atoms in total. The van der Waals surface area contributed by atoms with E-state index in [0.29, 0.717) is 35.5 Å². The fraction of sp³-hybridized carbons (Fsp3) is 0.318. The Kier molecular flexibility index (Phi) is 7.41. The fourth-order valence-electron chi connectivity index (χ4n) is 2.73. The number of anilines is 2. The van der Waals surface area contributed by atoms with Gasteiger partial charge in [-0.3, -0.25) is 14.5 Å². The first kappa shape index (κ1) is 22.5. The van der Waals surface area contributed by atoms with Gasteiger partial charge in [-0.1, -0.05) is 31.0 Å². The van der Waals surface area contributed by atoms with Gasteiger partial charge in [0.15, 0.2) is 0 Å². The molecule has 9 heteroatoms.